The van der Waals surface area contributed by atoms with E-state index >= 15 is 0 Å². The fraction of sp³-hybridized carbons (Fsp3) is 0.333. The van der Waals surface area contributed by atoms with E-state index in [9.17, 15) is 5.11 Å². The van der Waals surface area contributed by atoms with E-state index in [2.05, 4.69) is 15.3 Å². The van der Waals surface area contributed by atoms with Crippen molar-refractivity contribution < 1.29 is 5.11 Å². The Balaban J connectivity index is 2.32. The summed E-state index contributed by atoms with van der Waals surface area (Å²) in [6.07, 6.45) is 3.95. The summed E-state index contributed by atoms with van der Waals surface area (Å²) in [5, 5.41) is 11.5. The maximum absolute atomic E-state index is 9.45. The maximum atomic E-state index is 9.45. The number of aromatic hydroxyl groups is 1. The normalized spacial score (nSPS) is 16.6. The van der Waals surface area contributed by atoms with Gasteiger partial charge >= 0.3 is 0 Å². The van der Waals surface area contributed by atoms with Gasteiger partial charge in [0.1, 0.15) is 11.0 Å². The zero-order valence-electron chi connectivity index (χ0n) is 6.90. The molecule has 1 N–H and O–H groups in total. The first-order valence-corrected chi connectivity index (χ1v) is 5.15. The molecule has 1 aliphatic carbocycles. The highest BCUT2D eigenvalue weighted by atomic mass is 32.1. The van der Waals surface area contributed by atoms with Gasteiger partial charge in [0, 0.05) is 0 Å². The van der Waals surface area contributed by atoms with Gasteiger partial charge in [-0.1, -0.05) is 0 Å². The molecule has 13 heavy (non-hydrogen) atoms. The van der Waals surface area contributed by atoms with Gasteiger partial charge in [-0.25, -0.2) is 9.97 Å². The van der Waals surface area contributed by atoms with Gasteiger partial charge in [0.2, 0.25) is 5.88 Å². The number of thiophene rings is 1. The van der Waals surface area contributed by atoms with Crippen molar-refractivity contribution in [3.8, 4) is 5.88 Å². The molecule has 0 bridgehead atoms. The Labute approximate surface area is 79.1 Å². The van der Waals surface area contributed by atoms with Crippen molar-refractivity contribution >= 4 is 21.6 Å². The van der Waals surface area contributed by atoms with Crippen LogP contribution in [0.5, 0.6) is 5.88 Å². The molecule has 0 saturated heterocycles. The largest absolute Gasteiger partial charge is 0.492 e. The Morgan fingerprint density at radius 3 is 3.00 bits per heavy atom. The fourth-order valence-electron chi connectivity index (χ4n) is 1.54. The molecular formula is C9H8N2OS. The number of rotatable bonds is 1. The molecule has 1 saturated carbocycles. The molecule has 3 rings (SSSR count). The van der Waals surface area contributed by atoms with Gasteiger partial charge in [-0.15, -0.1) is 11.3 Å². The second-order valence-corrected chi connectivity index (χ2v) is 4.22. The average molecular weight is 192 g/mol. The van der Waals surface area contributed by atoms with E-state index in [1.807, 2.05) is 0 Å². The minimum Gasteiger partial charge on any atom is -0.492 e. The van der Waals surface area contributed by atoms with E-state index in [0.29, 0.717) is 5.92 Å². The standard InChI is InChI=1S/C9H8N2OS/c12-9-8-7(10-4-11-9)6(3-13-8)5-1-2-5/h3-5H,1-2H2,(H,10,11,12). The first-order valence-electron chi connectivity index (χ1n) is 4.27. The lowest BCUT2D eigenvalue weighted by molar-refractivity contribution is 0.460. The van der Waals surface area contributed by atoms with Crippen LogP contribution < -0.4 is 0 Å². The van der Waals surface area contributed by atoms with Crippen LogP contribution in [-0.2, 0) is 0 Å². The highest BCUT2D eigenvalue weighted by Gasteiger charge is 2.27. The third-order valence-corrected chi connectivity index (χ3v) is 3.36. The van der Waals surface area contributed by atoms with Crippen molar-refractivity contribution in [3.05, 3.63) is 17.3 Å². The molecule has 1 fully saturated rings. The third-order valence-electron chi connectivity index (χ3n) is 2.38. The summed E-state index contributed by atoms with van der Waals surface area (Å²) in [4.78, 5) is 7.96. The lowest BCUT2D eigenvalue weighted by atomic mass is 10.2. The number of aromatic nitrogens is 2. The summed E-state index contributed by atoms with van der Waals surface area (Å²) >= 11 is 1.53. The molecule has 3 nitrogen and oxygen atoms in total. The first-order chi connectivity index (χ1) is 6.36. The minimum atomic E-state index is 0.113. The molecule has 0 aliphatic heterocycles. The van der Waals surface area contributed by atoms with Crippen LogP contribution in [0.4, 0.5) is 0 Å². The summed E-state index contributed by atoms with van der Waals surface area (Å²) in [5.41, 5.74) is 2.23. The van der Waals surface area contributed by atoms with Crippen LogP contribution in [0, 0.1) is 0 Å². The average Bonchev–Trinajstić information content (AvgIpc) is 2.87. The predicted octanol–water partition coefficient (Wildman–Crippen LogP) is 2.27. The number of nitrogens with zero attached hydrogens (tertiary/aromatic N) is 2. The quantitative estimate of drug-likeness (QED) is 0.753. The number of fused-ring (bicyclic) bond motifs is 1. The smallest absolute Gasteiger partial charge is 0.232 e. The van der Waals surface area contributed by atoms with E-state index in [1.165, 1.54) is 36.1 Å². The van der Waals surface area contributed by atoms with E-state index < -0.39 is 0 Å². The van der Waals surface area contributed by atoms with Crippen molar-refractivity contribution in [2.45, 2.75) is 18.8 Å². The summed E-state index contributed by atoms with van der Waals surface area (Å²) in [5.74, 6) is 0.796. The molecule has 0 aromatic carbocycles. The zero-order chi connectivity index (χ0) is 8.84. The second-order valence-electron chi connectivity index (χ2n) is 3.34. The topological polar surface area (TPSA) is 46.0 Å². The Morgan fingerprint density at radius 2 is 2.23 bits per heavy atom. The van der Waals surface area contributed by atoms with Crippen molar-refractivity contribution in [3.63, 3.8) is 0 Å². The molecule has 66 valence electrons. The maximum Gasteiger partial charge on any atom is 0.232 e. The molecule has 0 atom stereocenters. The van der Waals surface area contributed by atoms with Crippen molar-refractivity contribution in [1.29, 1.82) is 0 Å². The van der Waals surface area contributed by atoms with Gasteiger partial charge < -0.3 is 5.11 Å². The number of hydrogen-bond acceptors (Lipinski definition) is 4. The Kier molecular flexibility index (Phi) is 1.35. The van der Waals surface area contributed by atoms with Gasteiger partial charge in [-0.2, -0.15) is 0 Å². The Bertz CT molecular complexity index is 462. The van der Waals surface area contributed by atoms with Gasteiger partial charge in [0.05, 0.1) is 5.52 Å². The molecule has 0 spiro atoms. The van der Waals surface area contributed by atoms with E-state index in [0.717, 1.165) is 10.2 Å². The van der Waals surface area contributed by atoms with Gasteiger partial charge in [0.15, 0.2) is 0 Å². The molecule has 0 radical (unpaired) electrons. The van der Waals surface area contributed by atoms with Crippen molar-refractivity contribution in [2.75, 3.05) is 0 Å². The van der Waals surface area contributed by atoms with E-state index in [-0.39, 0.29) is 5.88 Å². The van der Waals surface area contributed by atoms with Crippen LogP contribution in [-0.4, -0.2) is 15.1 Å². The minimum absolute atomic E-state index is 0.113. The fourth-order valence-corrected chi connectivity index (χ4v) is 2.53. The van der Waals surface area contributed by atoms with Crippen LogP contribution in [0.2, 0.25) is 0 Å². The SMILES string of the molecule is Oc1ncnc2c(C3CC3)csc12. The number of hydrogen-bond donors (Lipinski definition) is 1. The van der Waals surface area contributed by atoms with Gasteiger partial charge in [0.25, 0.3) is 0 Å². The summed E-state index contributed by atoms with van der Waals surface area (Å²) < 4.78 is 0.824. The lowest BCUT2D eigenvalue weighted by Crippen LogP contribution is -1.82. The summed E-state index contributed by atoms with van der Waals surface area (Å²) in [6, 6.07) is 0. The molecule has 0 amide bonds. The van der Waals surface area contributed by atoms with Gasteiger partial charge in [-0.3, -0.25) is 0 Å². The van der Waals surface area contributed by atoms with Crippen molar-refractivity contribution in [2.24, 2.45) is 0 Å². The monoisotopic (exact) mass is 192 g/mol. The third kappa shape index (κ3) is 1.02. The van der Waals surface area contributed by atoms with E-state index in [4.69, 9.17) is 0 Å². The molecular weight excluding hydrogens is 184 g/mol. The summed E-state index contributed by atoms with van der Waals surface area (Å²) in [6.45, 7) is 0. The van der Waals surface area contributed by atoms with Crippen LogP contribution >= 0.6 is 11.3 Å². The van der Waals surface area contributed by atoms with Crippen LogP contribution in [0.3, 0.4) is 0 Å². The molecule has 4 heteroatoms. The van der Waals surface area contributed by atoms with Crippen molar-refractivity contribution in [1.82, 2.24) is 9.97 Å². The van der Waals surface area contributed by atoms with Crippen LogP contribution in [0.1, 0.15) is 24.3 Å². The molecule has 0 unspecified atom stereocenters. The molecule has 1 aliphatic rings. The van der Waals surface area contributed by atoms with Crippen LogP contribution in [0.25, 0.3) is 10.2 Å². The van der Waals surface area contributed by atoms with Crippen LogP contribution in [0.15, 0.2) is 11.7 Å². The second kappa shape index (κ2) is 2.42. The summed E-state index contributed by atoms with van der Waals surface area (Å²) in [7, 11) is 0. The van der Waals surface area contributed by atoms with E-state index in [1.54, 1.807) is 0 Å². The van der Waals surface area contributed by atoms with Gasteiger partial charge in [-0.05, 0) is 29.7 Å². The first kappa shape index (κ1) is 7.26. The molecule has 2 aromatic heterocycles. The highest BCUT2D eigenvalue weighted by Crippen LogP contribution is 2.45. The molecule has 2 aromatic rings. The predicted molar refractivity (Wildman–Crippen MR) is 51.1 cm³/mol. The Morgan fingerprint density at radius 1 is 1.38 bits per heavy atom. The Hall–Kier alpha value is -1.16. The zero-order valence-corrected chi connectivity index (χ0v) is 7.71. The highest BCUT2D eigenvalue weighted by molar-refractivity contribution is 7.17. The lowest BCUT2D eigenvalue weighted by Gasteiger charge is -1.94. The molecule has 2 heterocycles.